The second kappa shape index (κ2) is 7.92. The number of rotatable bonds is 5. The summed E-state index contributed by atoms with van der Waals surface area (Å²) in [6, 6.07) is 12.1. The second-order valence-electron chi connectivity index (χ2n) is 6.26. The molecule has 2 heterocycles. The first-order valence-electron chi connectivity index (χ1n) is 8.58. The molecule has 1 N–H and O–H groups in total. The maximum atomic E-state index is 12.3. The quantitative estimate of drug-likeness (QED) is 0.843. The van der Waals surface area contributed by atoms with E-state index in [4.69, 9.17) is 9.15 Å². The van der Waals surface area contributed by atoms with Gasteiger partial charge in [-0.1, -0.05) is 6.07 Å². The maximum Gasteiger partial charge on any atom is 0.246 e. The minimum atomic E-state index is 0.0360. The molecule has 132 valence electrons. The van der Waals surface area contributed by atoms with Crippen LogP contribution < -0.4 is 10.1 Å². The van der Waals surface area contributed by atoms with Crippen LogP contribution in [0.1, 0.15) is 24.4 Å². The van der Waals surface area contributed by atoms with Crippen LogP contribution in [-0.2, 0) is 4.79 Å². The molecule has 5 nitrogen and oxygen atoms in total. The molecular weight excluding hydrogens is 316 g/mol. The number of benzene rings is 1. The van der Waals surface area contributed by atoms with Gasteiger partial charge in [0.05, 0.1) is 7.11 Å². The number of aryl methyl sites for hydroxylation is 1. The number of carbonyl (C=O) groups excluding carboxylic acids is 1. The van der Waals surface area contributed by atoms with E-state index in [0.717, 1.165) is 43.1 Å². The molecule has 1 aromatic carbocycles. The highest BCUT2D eigenvalue weighted by molar-refractivity contribution is 5.91. The number of ether oxygens (including phenoxy) is 1. The molecule has 1 amide bonds. The van der Waals surface area contributed by atoms with Gasteiger partial charge in [-0.25, -0.2) is 0 Å². The number of anilines is 1. The minimum absolute atomic E-state index is 0.0360. The van der Waals surface area contributed by atoms with Crippen molar-refractivity contribution >= 4 is 17.7 Å². The number of piperidine rings is 1. The lowest BCUT2D eigenvalue weighted by atomic mass is 10.0. The molecule has 1 aromatic heterocycles. The van der Waals surface area contributed by atoms with Crippen molar-refractivity contribution in [3.8, 4) is 5.75 Å². The van der Waals surface area contributed by atoms with Crippen LogP contribution >= 0.6 is 0 Å². The van der Waals surface area contributed by atoms with Crippen LogP contribution in [0.5, 0.6) is 5.75 Å². The minimum Gasteiger partial charge on any atom is -0.497 e. The van der Waals surface area contributed by atoms with E-state index in [1.54, 1.807) is 19.3 Å². The molecular formula is C20H24N2O3. The van der Waals surface area contributed by atoms with Crippen LogP contribution in [0.4, 0.5) is 5.69 Å². The SMILES string of the molecule is COc1cccc(NC2CCN(C(=O)/C=C/c3ccc(C)o3)CC2)c1. The average molecular weight is 340 g/mol. The van der Waals surface area contributed by atoms with Crippen LogP contribution in [0.3, 0.4) is 0 Å². The molecule has 0 unspecified atom stereocenters. The number of carbonyl (C=O) groups is 1. The lowest BCUT2D eigenvalue weighted by molar-refractivity contribution is -0.126. The Morgan fingerprint density at radius 3 is 2.76 bits per heavy atom. The lowest BCUT2D eigenvalue weighted by Gasteiger charge is -2.32. The maximum absolute atomic E-state index is 12.3. The van der Waals surface area contributed by atoms with Gasteiger partial charge in [-0.15, -0.1) is 0 Å². The Bertz CT molecular complexity index is 743. The molecule has 5 heteroatoms. The summed E-state index contributed by atoms with van der Waals surface area (Å²) in [5.41, 5.74) is 1.05. The Morgan fingerprint density at radius 1 is 1.28 bits per heavy atom. The van der Waals surface area contributed by atoms with Crippen LogP contribution in [0.15, 0.2) is 46.9 Å². The number of hydrogen-bond acceptors (Lipinski definition) is 4. The largest absolute Gasteiger partial charge is 0.497 e. The van der Waals surface area contributed by atoms with Crippen molar-refractivity contribution in [3.63, 3.8) is 0 Å². The normalized spacial score (nSPS) is 15.5. The van der Waals surface area contributed by atoms with E-state index in [1.807, 2.05) is 48.2 Å². The van der Waals surface area contributed by atoms with Gasteiger partial charge in [-0.3, -0.25) is 4.79 Å². The Hall–Kier alpha value is -2.69. The van der Waals surface area contributed by atoms with E-state index in [-0.39, 0.29) is 5.91 Å². The molecule has 0 atom stereocenters. The topological polar surface area (TPSA) is 54.7 Å². The molecule has 2 aromatic rings. The van der Waals surface area contributed by atoms with Crippen molar-refractivity contribution in [1.29, 1.82) is 0 Å². The van der Waals surface area contributed by atoms with E-state index in [9.17, 15) is 4.79 Å². The number of furan rings is 1. The molecule has 3 rings (SSSR count). The summed E-state index contributed by atoms with van der Waals surface area (Å²) in [4.78, 5) is 14.2. The second-order valence-corrected chi connectivity index (χ2v) is 6.26. The molecule has 25 heavy (non-hydrogen) atoms. The predicted molar refractivity (Wildman–Crippen MR) is 98.7 cm³/mol. The summed E-state index contributed by atoms with van der Waals surface area (Å²) in [6.45, 7) is 3.39. The zero-order valence-electron chi connectivity index (χ0n) is 14.7. The van der Waals surface area contributed by atoms with Crippen molar-refractivity contribution < 1.29 is 13.9 Å². The first kappa shape index (κ1) is 17.1. The molecule has 1 aliphatic rings. The van der Waals surface area contributed by atoms with Crippen molar-refractivity contribution in [1.82, 2.24) is 4.90 Å². The van der Waals surface area contributed by atoms with Gasteiger partial charge in [0, 0.05) is 37.0 Å². The zero-order valence-corrected chi connectivity index (χ0v) is 14.7. The number of nitrogens with zero attached hydrogens (tertiary/aromatic N) is 1. The van der Waals surface area contributed by atoms with Gasteiger partial charge in [0.2, 0.25) is 5.91 Å². The predicted octanol–water partition coefficient (Wildman–Crippen LogP) is 3.71. The molecule has 0 saturated carbocycles. The van der Waals surface area contributed by atoms with Crippen molar-refractivity contribution in [2.75, 3.05) is 25.5 Å². The Balaban J connectivity index is 1.49. The first-order valence-corrected chi connectivity index (χ1v) is 8.58. The van der Waals surface area contributed by atoms with Crippen LogP contribution in [-0.4, -0.2) is 37.0 Å². The Kier molecular flexibility index (Phi) is 5.43. The molecule has 1 fully saturated rings. The fourth-order valence-corrected chi connectivity index (χ4v) is 2.99. The Labute approximate surface area is 148 Å². The van der Waals surface area contributed by atoms with E-state index in [0.29, 0.717) is 11.8 Å². The lowest BCUT2D eigenvalue weighted by Crippen LogP contribution is -2.41. The average Bonchev–Trinajstić information content (AvgIpc) is 3.06. The molecule has 1 aliphatic heterocycles. The van der Waals surface area contributed by atoms with Gasteiger partial charge in [0.25, 0.3) is 0 Å². The van der Waals surface area contributed by atoms with Crippen molar-refractivity contribution in [2.24, 2.45) is 0 Å². The molecule has 1 saturated heterocycles. The van der Waals surface area contributed by atoms with Crippen LogP contribution in [0.25, 0.3) is 6.08 Å². The summed E-state index contributed by atoms with van der Waals surface area (Å²) < 4.78 is 10.7. The fraction of sp³-hybridized carbons (Fsp3) is 0.350. The van der Waals surface area contributed by atoms with Gasteiger partial charge in [-0.05, 0) is 50.1 Å². The first-order chi connectivity index (χ1) is 12.1. The van der Waals surface area contributed by atoms with Gasteiger partial charge in [0.1, 0.15) is 17.3 Å². The highest BCUT2D eigenvalue weighted by Crippen LogP contribution is 2.21. The van der Waals surface area contributed by atoms with Gasteiger partial charge < -0.3 is 19.4 Å². The summed E-state index contributed by atoms with van der Waals surface area (Å²) in [6.07, 6.45) is 5.18. The van der Waals surface area contributed by atoms with Crippen LogP contribution in [0.2, 0.25) is 0 Å². The van der Waals surface area contributed by atoms with E-state index >= 15 is 0 Å². The molecule has 0 radical (unpaired) electrons. The smallest absolute Gasteiger partial charge is 0.246 e. The summed E-state index contributed by atoms with van der Waals surface area (Å²) in [5.74, 6) is 2.43. The molecule has 0 bridgehead atoms. The monoisotopic (exact) mass is 340 g/mol. The summed E-state index contributed by atoms with van der Waals surface area (Å²) in [7, 11) is 1.67. The number of likely N-dealkylation sites (tertiary alicyclic amines) is 1. The third-order valence-corrected chi connectivity index (χ3v) is 4.40. The van der Waals surface area contributed by atoms with E-state index in [1.165, 1.54) is 0 Å². The highest BCUT2D eigenvalue weighted by Gasteiger charge is 2.21. The third-order valence-electron chi connectivity index (χ3n) is 4.40. The zero-order chi connectivity index (χ0) is 17.6. The number of hydrogen-bond donors (Lipinski definition) is 1. The number of nitrogens with one attached hydrogen (secondary N) is 1. The molecule has 0 aliphatic carbocycles. The molecule has 0 spiro atoms. The third kappa shape index (κ3) is 4.66. The van der Waals surface area contributed by atoms with Crippen molar-refractivity contribution in [3.05, 3.63) is 54.0 Å². The highest BCUT2D eigenvalue weighted by atomic mass is 16.5. The number of amides is 1. The van der Waals surface area contributed by atoms with Gasteiger partial charge >= 0.3 is 0 Å². The van der Waals surface area contributed by atoms with Crippen molar-refractivity contribution in [2.45, 2.75) is 25.8 Å². The van der Waals surface area contributed by atoms with Gasteiger partial charge in [0.15, 0.2) is 0 Å². The van der Waals surface area contributed by atoms with Gasteiger partial charge in [-0.2, -0.15) is 0 Å². The number of methoxy groups -OCH3 is 1. The summed E-state index contributed by atoms with van der Waals surface area (Å²) >= 11 is 0. The van der Waals surface area contributed by atoms with Crippen LogP contribution in [0, 0.1) is 6.92 Å². The summed E-state index contributed by atoms with van der Waals surface area (Å²) in [5, 5.41) is 3.52. The fourth-order valence-electron chi connectivity index (χ4n) is 2.99. The van der Waals surface area contributed by atoms with E-state index < -0.39 is 0 Å². The Morgan fingerprint density at radius 2 is 2.08 bits per heavy atom. The van der Waals surface area contributed by atoms with E-state index in [2.05, 4.69) is 5.32 Å². The standard InChI is InChI=1S/C20H24N2O3/c1-15-6-7-18(25-15)8-9-20(23)22-12-10-16(11-13-22)21-17-4-3-5-19(14-17)24-2/h3-9,14,16,21H,10-13H2,1-2H3/b9-8+.